The summed E-state index contributed by atoms with van der Waals surface area (Å²) in [5.74, 6) is 0.885. The Morgan fingerprint density at radius 3 is 1.87 bits per heavy atom. The van der Waals surface area contributed by atoms with Crippen molar-refractivity contribution in [3.63, 3.8) is 0 Å². The van der Waals surface area contributed by atoms with Gasteiger partial charge in [0.05, 0.1) is 0 Å². The quantitative estimate of drug-likeness (QED) is 0.617. The second-order valence-electron chi connectivity index (χ2n) is 5.38. The van der Waals surface area contributed by atoms with Gasteiger partial charge in [0, 0.05) is 12.0 Å². The lowest BCUT2D eigenvalue weighted by Crippen LogP contribution is -2.03. The summed E-state index contributed by atoms with van der Waals surface area (Å²) in [5, 5.41) is 0. The molecule has 3 aromatic carbocycles. The first-order valence-electron chi connectivity index (χ1n) is 7.65. The third kappa shape index (κ3) is 4.30. The number of rotatable bonds is 6. The fraction of sp³-hybridized carbons (Fsp3) is 0.0952. The van der Waals surface area contributed by atoms with Crippen LogP contribution in [0.3, 0.4) is 0 Å². The second kappa shape index (κ2) is 7.41. The smallest absolute Gasteiger partial charge is 0.167 e. The van der Waals surface area contributed by atoms with Gasteiger partial charge in [0.25, 0.3) is 0 Å². The lowest BCUT2D eigenvalue weighted by molar-refractivity contribution is 0.0993. The molecule has 0 fully saturated rings. The van der Waals surface area contributed by atoms with Crippen LogP contribution >= 0.6 is 0 Å². The molecule has 2 heteroatoms. The van der Waals surface area contributed by atoms with Crippen LogP contribution in [0.1, 0.15) is 21.5 Å². The maximum atomic E-state index is 12.3. The fourth-order valence-electron chi connectivity index (χ4n) is 2.36. The Morgan fingerprint density at radius 2 is 1.26 bits per heavy atom. The van der Waals surface area contributed by atoms with Crippen molar-refractivity contribution in [1.29, 1.82) is 0 Å². The van der Waals surface area contributed by atoms with Crippen LogP contribution in [0, 0.1) is 0 Å². The third-order valence-corrected chi connectivity index (χ3v) is 3.63. The molecule has 0 aliphatic carbocycles. The molecule has 0 aliphatic rings. The first-order valence-corrected chi connectivity index (χ1v) is 7.65. The molecular weight excluding hydrogens is 284 g/mol. The maximum Gasteiger partial charge on any atom is 0.167 e. The van der Waals surface area contributed by atoms with Crippen LogP contribution in [-0.4, -0.2) is 5.78 Å². The normalized spacial score (nSPS) is 10.3. The van der Waals surface area contributed by atoms with E-state index >= 15 is 0 Å². The molecule has 0 bridgehead atoms. The number of benzene rings is 3. The van der Waals surface area contributed by atoms with E-state index in [1.54, 1.807) is 0 Å². The summed E-state index contributed by atoms with van der Waals surface area (Å²) in [6.07, 6.45) is 0.422. The van der Waals surface area contributed by atoms with Gasteiger partial charge in [-0.3, -0.25) is 4.79 Å². The van der Waals surface area contributed by atoms with Gasteiger partial charge >= 0.3 is 0 Å². The number of carbonyl (C=O) groups is 1. The average molecular weight is 302 g/mol. The fourth-order valence-corrected chi connectivity index (χ4v) is 2.36. The molecule has 114 valence electrons. The van der Waals surface area contributed by atoms with Gasteiger partial charge in [-0.25, -0.2) is 0 Å². The Bertz CT molecular complexity index is 747. The summed E-state index contributed by atoms with van der Waals surface area (Å²) in [4.78, 5) is 12.3. The average Bonchev–Trinajstić information content (AvgIpc) is 2.62. The molecule has 3 rings (SSSR count). The largest absolute Gasteiger partial charge is 0.489 e. The van der Waals surface area contributed by atoms with Crippen molar-refractivity contribution in [3.05, 3.63) is 102 Å². The summed E-state index contributed by atoms with van der Waals surface area (Å²) in [6.45, 7) is 0.526. The summed E-state index contributed by atoms with van der Waals surface area (Å²) < 4.78 is 5.73. The van der Waals surface area contributed by atoms with Crippen molar-refractivity contribution in [2.24, 2.45) is 0 Å². The van der Waals surface area contributed by atoms with Crippen molar-refractivity contribution >= 4 is 5.78 Å². The second-order valence-corrected chi connectivity index (χ2v) is 5.38. The number of Topliss-reactive ketones (excluding diaryl/α,β-unsaturated/α-hetero) is 1. The number of ether oxygens (including phenoxy) is 1. The highest BCUT2D eigenvalue weighted by Gasteiger charge is 2.07. The molecule has 0 aliphatic heterocycles. The maximum absolute atomic E-state index is 12.3. The molecule has 0 unspecified atom stereocenters. The SMILES string of the molecule is O=C(Cc1ccccc1)c1ccc(OCc2ccccc2)cc1. The number of ketones is 1. The van der Waals surface area contributed by atoms with E-state index in [1.807, 2.05) is 84.9 Å². The monoisotopic (exact) mass is 302 g/mol. The van der Waals surface area contributed by atoms with Crippen LogP contribution in [0.15, 0.2) is 84.9 Å². The molecule has 0 radical (unpaired) electrons. The van der Waals surface area contributed by atoms with E-state index in [1.165, 1.54) is 0 Å². The van der Waals surface area contributed by atoms with Gasteiger partial charge in [0.2, 0.25) is 0 Å². The first-order chi connectivity index (χ1) is 11.3. The van der Waals surface area contributed by atoms with E-state index in [9.17, 15) is 4.79 Å². The van der Waals surface area contributed by atoms with Crippen LogP contribution < -0.4 is 4.74 Å². The van der Waals surface area contributed by atoms with Crippen LogP contribution in [0.25, 0.3) is 0 Å². The van der Waals surface area contributed by atoms with E-state index < -0.39 is 0 Å². The zero-order chi connectivity index (χ0) is 15.9. The zero-order valence-electron chi connectivity index (χ0n) is 12.8. The summed E-state index contributed by atoms with van der Waals surface area (Å²) in [6, 6.07) is 27.1. The predicted molar refractivity (Wildman–Crippen MR) is 91.7 cm³/mol. The van der Waals surface area contributed by atoms with E-state index in [0.29, 0.717) is 18.6 Å². The molecule has 0 saturated heterocycles. The van der Waals surface area contributed by atoms with E-state index in [4.69, 9.17) is 4.74 Å². The van der Waals surface area contributed by atoms with Crippen LogP contribution in [0.5, 0.6) is 5.75 Å². The lowest BCUT2D eigenvalue weighted by atomic mass is 10.0. The van der Waals surface area contributed by atoms with Crippen molar-refractivity contribution in [2.45, 2.75) is 13.0 Å². The van der Waals surface area contributed by atoms with Gasteiger partial charge in [-0.05, 0) is 35.4 Å². The molecule has 2 nitrogen and oxygen atoms in total. The highest BCUT2D eigenvalue weighted by molar-refractivity contribution is 5.97. The van der Waals surface area contributed by atoms with Crippen molar-refractivity contribution in [2.75, 3.05) is 0 Å². The highest BCUT2D eigenvalue weighted by Crippen LogP contribution is 2.16. The molecule has 0 N–H and O–H groups in total. The lowest BCUT2D eigenvalue weighted by Gasteiger charge is -2.07. The van der Waals surface area contributed by atoms with Crippen molar-refractivity contribution in [3.8, 4) is 5.75 Å². The standard InChI is InChI=1S/C21H18O2/c22-21(15-17-7-3-1-4-8-17)19-11-13-20(14-12-19)23-16-18-9-5-2-6-10-18/h1-14H,15-16H2. The Hall–Kier alpha value is -2.87. The Kier molecular flexibility index (Phi) is 4.85. The van der Waals surface area contributed by atoms with Gasteiger partial charge in [0.1, 0.15) is 12.4 Å². The van der Waals surface area contributed by atoms with Gasteiger partial charge in [-0.2, -0.15) is 0 Å². The molecule has 23 heavy (non-hydrogen) atoms. The van der Waals surface area contributed by atoms with Gasteiger partial charge < -0.3 is 4.74 Å². The first kappa shape index (κ1) is 15.0. The van der Waals surface area contributed by atoms with Gasteiger partial charge in [-0.1, -0.05) is 60.7 Å². The summed E-state index contributed by atoms with van der Waals surface area (Å²) in [5.41, 5.74) is 2.86. The zero-order valence-corrected chi connectivity index (χ0v) is 12.8. The summed E-state index contributed by atoms with van der Waals surface area (Å²) in [7, 11) is 0. The van der Waals surface area contributed by atoms with Crippen molar-refractivity contribution < 1.29 is 9.53 Å². The Labute approximate surface area is 136 Å². The molecule has 0 amide bonds. The molecule has 0 spiro atoms. The highest BCUT2D eigenvalue weighted by atomic mass is 16.5. The number of carbonyl (C=O) groups excluding carboxylic acids is 1. The summed E-state index contributed by atoms with van der Waals surface area (Å²) >= 11 is 0. The van der Waals surface area contributed by atoms with Gasteiger partial charge in [-0.15, -0.1) is 0 Å². The Morgan fingerprint density at radius 1 is 0.696 bits per heavy atom. The predicted octanol–water partition coefficient (Wildman–Crippen LogP) is 4.69. The Balaban J connectivity index is 1.59. The minimum atomic E-state index is 0.116. The molecule has 3 aromatic rings. The van der Waals surface area contributed by atoms with Crippen molar-refractivity contribution in [1.82, 2.24) is 0 Å². The van der Waals surface area contributed by atoms with Crippen LogP contribution in [-0.2, 0) is 13.0 Å². The third-order valence-electron chi connectivity index (χ3n) is 3.63. The molecule has 0 atom stereocenters. The molecule has 0 heterocycles. The molecule has 0 saturated carbocycles. The van der Waals surface area contributed by atoms with E-state index in [0.717, 1.165) is 16.9 Å². The number of hydrogen-bond acceptors (Lipinski definition) is 2. The number of hydrogen-bond donors (Lipinski definition) is 0. The van der Waals surface area contributed by atoms with E-state index in [-0.39, 0.29) is 5.78 Å². The van der Waals surface area contributed by atoms with Gasteiger partial charge in [0.15, 0.2) is 5.78 Å². The minimum Gasteiger partial charge on any atom is -0.489 e. The topological polar surface area (TPSA) is 26.3 Å². The van der Waals surface area contributed by atoms with Crippen LogP contribution in [0.2, 0.25) is 0 Å². The van der Waals surface area contributed by atoms with E-state index in [2.05, 4.69) is 0 Å². The molecular formula is C21H18O2. The molecule has 0 aromatic heterocycles. The van der Waals surface area contributed by atoms with Crippen LogP contribution in [0.4, 0.5) is 0 Å². The minimum absolute atomic E-state index is 0.116.